The van der Waals surface area contributed by atoms with E-state index in [0.717, 1.165) is 5.56 Å². The lowest BCUT2D eigenvalue weighted by Crippen LogP contribution is -2.38. The molecule has 1 atom stereocenters. The number of nitrogens with one attached hydrogen (secondary N) is 1. The number of hydrogen-bond acceptors (Lipinski definition) is 2. The molecule has 2 rings (SSSR count). The summed E-state index contributed by atoms with van der Waals surface area (Å²) in [6, 6.07) is 5.57. The van der Waals surface area contributed by atoms with E-state index in [1.807, 2.05) is 0 Å². The van der Waals surface area contributed by atoms with Gasteiger partial charge in [-0.25, -0.2) is 9.18 Å². The van der Waals surface area contributed by atoms with Crippen molar-refractivity contribution in [2.24, 2.45) is 5.92 Å². The minimum Gasteiger partial charge on any atom is -0.481 e. The summed E-state index contributed by atoms with van der Waals surface area (Å²) in [6.07, 6.45) is 0.485. The third-order valence-corrected chi connectivity index (χ3v) is 3.18. The van der Waals surface area contributed by atoms with Crippen molar-refractivity contribution in [3.63, 3.8) is 0 Å². The van der Waals surface area contributed by atoms with Crippen LogP contribution in [-0.4, -0.2) is 35.1 Å². The average Bonchev–Trinajstić information content (AvgIpc) is 2.87. The molecule has 1 aliphatic heterocycles. The number of aliphatic carboxylic acids is 1. The van der Waals surface area contributed by atoms with Crippen LogP contribution in [0.2, 0.25) is 0 Å². The minimum atomic E-state index is -0.867. The number of halogens is 1. The van der Waals surface area contributed by atoms with Gasteiger partial charge >= 0.3 is 12.0 Å². The molecule has 0 saturated carbocycles. The Labute approximate surface area is 110 Å². The van der Waals surface area contributed by atoms with Crippen molar-refractivity contribution in [1.82, 2.24) is 10.2 Å². The molecular weight excluding hydrogens is 251 g/mol. The van der Waals surface area contributed by atoms with Crippen LogP contribution in [0, 0.1) is 11.7 Å². The van der Waals surface area contributed by atoms with Crippen molar-refractivity contribution < 1.29 is 19.1 Å². The number of carboxylic acid groups (broad SMARTS) is 1. The van der Waals surface area contributed by atoms with Gasteiger partial charge in [-0.3, -0.25) is 4.79 Å². The Morgan fingerprint density at radius 3 is 2.63 bits per heavy atom. The van der Waals surface area contributed by atoms with Crippen LogP contribution in [0.1, 0.15) is 12.0 Å². The van der Waals surface area contributed by atoms with E-state index in [1.165, 1.54) is 17.0 Å². The van der Waals surface area contributed by atoms with E-state index in [9.17, 15) is 14.0 Å². The van der Waals surface area contributed by atoms with Crippen LogP contribution in [-0.2, 0) is 11.3 Å². The second-order valence-electron chi connectivity index (χ2n) is 4.56. The van der Waals surface area contributed by atoms with E-state index < -0.39 is 11.9 Å². The molecule has 1 aromatic carbocycles. The molecule has 0 spiro atoms. The first kappa shape index (κ1) is 13.3. The van der Waals surface area contributed by atoms with Gasteiger partial charge in [-0.05, 0) is 24.1 Å². The average molecular weight is 266 g/mol. The van der Waals surface area contributed by atoms with Gasteiger partial charge in [0.15, 0.2) is 0 Å². The number of likely N-dealkylation sites (tertiary alicyclic amines) is 1. The zero-order chi connectivity index (χ0) is 13.8. The number of amides is 2. The fourth-order valence-electron chi connectivity index (χ4n) is 2.04. The molecule has 1 fully saturated rings. The summed E-state index contributed by atoms with van der Waals surface area (Å²) < 4.78 is 12.7. The highest BCUT2D eigenvalue weighted by molar-refractivity contribution is 5.77. The van der Waals surface area contributed by atoms with Crippen LogP contribution in [0.3, 0.4) is 0 Å². The van der Waals surface area contributed by atoms with Gasteiger partial charge in [0.1, 0.15) is 5.82 Å². The predicted octanol–water partition coefficient (Wildman–Crippen LogP) is 1.44. The number of rotatable bonds is 3. The van der Waals surface area contributed by atoms with Crippen LogP contribution < -0.4 is 5.32 Å². The zero-order valence-electron chi connectivity index (χ0n) is 10.3. The quantitative estimate of drug-likeness (QED) is 0.869. The summed E-state index contributed by atoms with van der Waals surface area (Å²) in [7, 11) is 0. The highest BCUT2D eigenvalue weighted by Crippen LogP contribution is 2.16. The summed E-state index contributed by atoms with van der Waals surface area (Å²) in [5.41, 5.74) is 0.795. The molecule has 2 N–H and O–H groups in total. The van der Waals surface area contributed by atoms with E-state index in [0.29, 0.717) is 19.5 Å². The molecular formula is C13H15FN2O3. The van der Waals surface area contributed by atoms with Gasteiger partial charge < -0.3 is 15.3 Å². The normalized spacial score (nSPS) is 18.4. The Morgan fingerprint density at radius 1 is 1.37 bits per heavy atom. The van der Waals surface area contributed by atoms with Crippen molar-refractivity contribution >= 4 is 12.0 Å². The lowest BCUT2D eigenvalue weighted by molar-refractivity contribution is -0.141. The van der Waals surface area contributed by atoms with Gasteiger partial charge in [-0.2, -0.15) is 0 Å². The van der Waals surface area contributed by atoms with E-state index in [-0.39, 0.29) is 18.4 Å². The maximum atomic E-state index is 12.7. The second kappa shape index (κ2) is 5.69. The molecule has 1 aliphatic rings. The van der Waals surface area contributed by atoms with Gasteiger partial charge in [0.05, 0.1) is 5.92 Å². The van der Waals surface area contributed by atoms with Gasteiger partial charge in [-0.15, -0.1) is 0 Å². The first-order valence-corrected chi connectivity index (χ1v) is 6.06. The maximum Gasteiger partial charge on any atom is 0.317 e. The molecule has 1 unspecified atom stereocenters. The number of nitrogens with zero attached hydrogens (tertiary/aromatic N) is 1. The SMILES string of the molecule is O=C(O)C1CCN(C(=O)NCc2ccc(F)cc2)C1. The van der Waals surface area contributed by atoms with Crippen molar-refractivity contribution in [3.8, 4) is 0 Å². The molecule has 0 aliphatic carbocycles. The lowest BCUT2D eigenvalue weighted by atomic mass is 10.1. The largest absolute Gasteiger partial charge is 0.481 e. The van der Waals surface area contributed by atoms with Gasteiger partial charge in [0.2, 0.25) is 0 Å². The molecule has 0 radical (unpaired) electrons. The van der Waals surface area contributed by atoms with E-state index in [2.05, 4.69) is 5.32 Å². The summed E-state index contributed by atoms with van der Waals surface area (Å²) in [4.78, 5) is 24.1. The molecule has 19 heavy (non-hydrogen) atoms. The molecule has 1 saturated heterocycles. The molecule has 6 heteroatoms. The molecule has 1 aromatic rings. The monoisotopic (exact) mass is 266 g/mol. The topological polar surface area (TPSA) is 69.6 Å². The number of benzene rings is 1. The molecule has 102 valence electrons. The third-order valence-electron chi connectivity index (χ3n) is 3.18. The van der Waals surface area contributed by atoms with Gasteiger partial charge in [0, 0.05) is 19.6 Å². The van der Waals surface area contributed by atoms with Crippen LogP contribution >= 0.6 is 0 Å². The van der Waals surface area contributed by atoms with Crippen LogP contribution in [0.25, 0.3) is 0 Å². The highest BCUT2D eigenvalue weighted by atomic mass is 19.1. The van der Waals surface area contributed by atoms with Crippen LogP contribution in [0.5, 0.6) is 0 Å². The second-order valence-corrected chi connectivity index (χ2v) is 4.56. The first-order valence-electron chi connectivity index (χ1n) is 6.06. The zero-order valence-corrected chi connectivity index (χ0v) is 10.3. The Morgan fingerprint density at radius 2 is 2.05 bits per heavy atom. The molecule has 0 bridgehead atoms. The smallest absolute Gasteiger partial charge is 0.317 e. The molecule has 5 nitrogen and oxygen atoms in total. The Hall–Kier alpha value is -2.11. The lowest BCUT2D eigenvalue weighted by Gasteiger charge is -2.16. The molecule has 2 amide bonds. The van der Waals surface area contributed by atoms with Crippen molar-refractivity contribution in [2.45, 2.75) is 13.0 Å². The number of carbonyl (C=O) groups excluding carboxylic acids is 1. The van der Waals surface area contributed by atoms with E-state index >= 15 is 0 Å². The van der Waals surface area contributed by atoms with Crippen molar-refractivity contribution in [3.05, 3.63) is 35.6 Å². The minimum absolute atomic E-state index is 0.241. The Bertz CT molecular complexity index is 475. The van der Waals surface area contributed by atoms with E-state index in [1.54, 1.807) is 12.1 Å². The maximum absolute atomic E-state index is 12.7. The predicted molar refractivity (Wildman–Crippen MR) is 66.0 cm³/mol. The summed E-state index contributed by atoms with van der Waals surface area (Å²) in [5, 5.41) is 11.5. The van der Waals surface area contributed by atoms with Gasteiger partial charge in [-0.1, -0.05) is 12.1 Å². The number of carboxylic acids is 1. The number of urea groups is 1. The highest BCUT2D eigenvalue weighted by Gasteiger charge is 2.30. The fraction of sp³-hybridized carbons (Fsp3) is 0.385. The van der Waals surface area contributed by atoms with Crippen LogP contribution in [0.4, 0.5) is 9.18 Å². The number of carbonyl (C=O) groups is 2. The molecule has 0 aromatic heterocycles. The van der Waals surface area contributed by atoms with E-state index in [4.69, 9.17) is 5.11 Å². The van der Waals surface area contributed by atoms with Crippen molar-refractivity contribution in [2.75, 3.05) is 13.1 Å². The summed E-state index contributed by atoms with van der Waals surface area (Å²) in [5.74, 6) is -1.66. The van der Waals surface area contributed by atoms with Crippen LogP contribution in [0.15, 0.2) is 24.3 Å². The third kappa shape index (κ3) is 3.43. The standard InChI is InChI=1S/C13H15FN2O3/c14-11-3-1-9(2-4-11)7-15-13(19)16-6-5-10(8-16)12(17)18/h1-4,10H,5-8H2,(H,15,19)(H,17,18). The summed E-state index contributed by atoms with van der Waals surface area (Å²) >= 11 is 0. The summed E-state index contributed by atoms with van der Waals surface area (Å²) in [6.45, 7) is 0.990. The van der Waals surface area contributed by atoms with Crippen molar-refractivity contribution in [1.29, 1.82) is 0 Å². The first-order chi connectivity index (χ1) is 9.06. The number of hydrogen-bond donors (Lipinski definition) is 2. The molecule has 1 heterocycles. The van der Waals surface area contributed by atoms with Gasteiger partial charge in [0.25, 0.3) is 0 Å². The Balaban J connectivity index is 1.82. The fourth-order valence-corrected chi connectivity index (χ4v) is 2.04. The Kier molecular flexibility index (Phi) is 3.99.